The van der Waals surface area contributed by atoms with E-state index in [0.29, 0.717) is 19.0 Å². The molecule has 1 amide bonds. The molecule has 2 aromatic rings. The van der Waals surface area contributed by atoms with Gasteiger partial charge in [-0.1, -0.05) is 12.1 Å². The molecule has 0 aliphatic carbocycles. The number of nitrogens with zero attached hydrogens (tertiary/aromatic N) is 3. The van der Waals surface area contributed by atoms with Crippen LogP contribution in [0.2, 0.25) is 0 Å². The zero-order valence-corrected chi connectivity index (χ0v) is 14.8. The summed E-state index contributed by atoms with van der Waals surface area (Å²) in [5.74, 6) is 0.659. The number of hydrogen-bond donors (Lipinski definition) is 0. The van der Waals surface area contributed by atoms with E-state index < -0.39 is 0 Å². The van der Waals surface area contributed by atoms with Gasteiger partial charge < -0.3 is 9.64 Å². The molecule has 0 radical (unpaired) electrons. The lowest BCUT2D eigenvalue weighted by molar-refractivity contribution is 0.0583. The fraction of sp³-hybridized carbons (Fsp3) is 0.389. The lowest BCUT2D eigenvalue weighted by Gasteiger charge is -2.32. The van der Waals surface area contributed by atoms with Crippen molar-refractivity contribution in [1.29, 1.82) is 0 Å². The first kappa shape index (κ1) is 16.8. The molecule has 1 fully saturated rings. The van der Waals surface area contributed by atoms with Crippen LogP contribution in [-0.2, 0) is 0 Å². The van der Waals surface area contributed by atoms with Crippen LogP contribution in [0.1, 0.15) is 28.9 Å². The Hall–Kier alpha value is -2.08. The van der Waals surface area contributed by atoms with E-state index in [9.17, 15) is 4.79 Å². The Labute approximate surface area is 146 Å². The third kappa shape index (κ3) is 3.87. The van der Waals surface area contributed by atoms with E-state index in [-0.39, 0.29) is 12.0 Å². The summed E-state index contributed by atoms with van der Waals surface area (Å²) in [5, 5.41) is 8.05. The van der Waals surface area contributed by atoms with Gasteiger partial charge in [0.25, 0.3) is 5.91 Å². The molecule has 1 aromatic heterocycles. The van der Waals surface area contributed by atoms with E-state index in [4.69, 9.17) is 4.74 Å². The van der Waals surface area contributed by atoms with Gasteiger partial charge in [-0.25, -0.2) is 0 Å². The molecule has 126 valence electrons. The summed E-state index contributed by atoms with van der Waals surface area (Å²) >= 11 is 1.60. The minimum absolute atomic E-state index is 0.0850. The number of likely N-dealkylation sites (tertiary alicyclic amines) is 1. The van der Waals surface area contributed by atoms with Gasteiger partial charge in [-0.15, -0.1) is 16.9 Å². The summed E-state index contributed by atoms with van der Waals surface area (Å²) < 4.78 is 5.87. The van der Waals surface area contributed by atoms with Crippen LogP contribution in [-0.4, -0.2) is 46.5 Å². The maximum Gasteiger partial charge on any atom is 0.254 e. The summed E-state index contributed by atoms with van der Waals surface area (Å²) in [6.45, 7) is 3.30. The zero-order valence-electron chi connectivity index (χ0n) is 13.9. The second-order valence-electron chi connectivity index (χ2n) is 5.82. The van der Waals surface area contributed by atoms with Gasteiger partial charge in [0.1, 0.15) is 6.10 Å². The molecule has 6 heteroatoms. The minimum atomic E-state index is 0.0850. The maximum atomic E-state index is 12.7. The predicted octanol–water partition coefficient (Wildman–Crippen LogP) is 3.19. The highest BCUT2D eigenvalue weighted by Gasteiger charge is 2.26. The topological polar surface area (TPSA) is 55.3 Å². The summed E-state index contributed by atoms with van der Waals surface area (Å²) in [4.78, 5) is 15.7. The van der Waals surface area contributed by atoms with E-state index >= 15 is 0 Å². The van der Waals surface area contributed by atoms with Crippen LogP contribution in [0.5, 0.6) is 5.88 Å². The van der Waals surface area contributed by atoms with E-state index in [1.54, 1.807) is 11.8 Å². The number of piperidine rings is 1. The highest BCUT2D eigenvalue weighted by atomic mass is 32.2. The molecule has 1 aromatic carbocycles. The summed E-state index contributed by atoms with van der Waals surface area (Å²) in [6, 6.07) is 11.5. The van der Waals surface area contributed by atoms with Crippen molar-refractivity contribution in [2.75, 3.05) is 19.3 Å². The monoisotopic (exact) mass is 343 g/mol. The van der Waals surface area contributed by atoms with E-state index in [2.05, 4.69) is 10.2 Å². The third-order valence-corrected chi connectivity index (χ3v) is 4.92. The first-order valence-corrected chi connectivity index (χ1v) is 9.29. The first-order chi connectivity index (χ1) is 11.7. The Morgan fingerprint density at radius 2 is 1.92 bits per heavy atom. The van der Waals surface area contributed by atoms with E-state index in [1.165, 1.54) is 0 Å². The molecule has 0 bridgehead atoms. The van der Waals surface area contributed by atoms with Crippen LogP contribution in [0.4, 0.5) is 0 Å². The molecule has 5 nitrogen and oxygen atoms in total. The molecule has 0 unspecified atom stereocenters. The molecule has 1 saturated heterocycles. The number of carbonyl (C=O) groups is 1. The molecule has 24 heavy (non-hydrogen) atoms. The normalized spacial score (nSPS) is 15.3. The average Bonchev–Trinajstić information content (AvgIpc) is 2.63. The molecule has 0 saturated carbocycles. The fourth-order valence-electron chi connectivity index (χ4n) is 2.79. The molecular formula is C18H21N3O2S. The number of benzene rings is 1. The highest BCUT2D eigenvalue weighted by molar-refractivity contribution is 7.98. The number of thioether (sulfide) groups is 1. The Kier molecular flexibility index (Phi) is 5.35. The molecule has 1 aliphatic heterocycles. The Morgan fingerprint density at radius 3 is 2.58 bits per heavy atom. The smallest absolute Gasteiger partial charge is 0.254 e. The summed E-state index contributed by atoms with van der Waals surface area (Å²) in [7, 11) is 0. The number of amides is 1. The molecule has 3 rings (SSSR count). The van der Waals surface area contributed by atoms with Crippen LogP contribution in [0, 0.1) is 6.92 Å². The maximum absolute atomic E-state index is 12.7. The second-order valence-corrected chi connectivity index (χ2v) is 6.67. The summed E-state index contributed by atoms with van der Waals surface area (Å²) in [5.41, 5.74) is 1.66. The van der Waals surface area contributed by atoms with Crippen LogP contribution in [0.15, 0.2) is 41.3 Å². The van der Waals surface area contributed by atoms with Gasteiger partial charge in [0.2, 0.25) is 5.88 Å². The van der Waals surface area contributed by atoms with Crippen molar-refractivity contribution in [3.8, 4) is 5.88 Å². The molecule has 0 N–H and O–H groups in total. The van der Waals surface area contributed by atoms with Gasteiger partial charge in [-0.05, 0) is 31.4 Å². The first-order valence-electron chi connectivity index (χ1n) is 8.06. The molecule has 0 spiro atoms. The number of hydrogen-bond acceptors (Lipinski definition) is 5. The quantitative estimate of drug-likeness (QED) is 0.798. The van der Waals surface area contributed by atoms with E-state index in [0.717, 1.165) is 29.0 Å². The fourth-order valence-corrected chi connectivity index (χ4v) is 3.38. The number of ether oxygens (including phenoxy) is 1. The van der Waals surface area contributed by atoms with Crippen LogP contribution >= 0.6 is 11.8 Å². The number of rotatable bonds is 4. The van der Waals surface area contributed by atoms with Crippen molar-refractivity contribution in [3.63, 3.8) is 0 Å². The van der Waals surface area contributed by atoms with Crippen LogP contribution in [0.25, 0.3) is 0 Å². The van der Waals surface area contributed by atoms with Gasteiger partial charge in [0.05, 0.1) is 11.3 Å². The number of aromatic nitrogens is 2. The third-order valence-electron chi connectivity index (χ3n) is 4.13. The highest BCUT2D eigenvalue weighted by Crippen LogP contribution is 2.24. The van der Waals surface area contributed by atoms with Gasteiger partial charge in [-0.2, -0.15) is 5.10 Å². The van der Waals surface area contributed by atoms with Crippen molar-refractivity contribution in [1.82, 2.24) is 15.1 Å². The van der Waals surface area contributed by atoms with Gasteiger partial charge in [0, 0.05) is 36.9 Å². The largest absolute Gasteiger partial charge is 0.473 e. The number of aryl methyl sites for hydroxylation is 1. The van der Waals surface area contributed by atoms with Gasteiger partial charge >= 0.3 is 0 Å². The molecule has 0 atom stereocenters. The van der Waals surface area contributed by atoms with Crippen LogP contribution in [0.3, 0.4) is 0 Å². The molecule has 2 heterocycles. The molecular weight excluding hydrogens is 322 g/mol. The lowest BCUT2D eigenvalue weighted by atomic mass is 10.1. The Morgan fingerprint density at radius 1 is 1.17 bits per heavy atom. The van der Waals surface area contributed by atoms with Crippen molar-refractivity contribution < 1.29 is 9.53 Å². The van der Waals surface area contributed by atoms with E-state index in [1.807, 2.05) is 54.5 Å². The number of carbonyl (C=O) groups excluding carboxylic acids is 1. The van der Waals surface area contributed by atoms with Crippen molar-refractivity contribution in [3.05, 3.63) is 47.7 Å². The standard InChI is InChI=1S/C18H21N3O2S/c1-13-7-8-17(20-19-13)23-14-9-11-21(12-10-14)18(22)15-5-3-4-6-16(15)24-2/h3-8,14H,9-12H2,1-2H3. The Balaban J connectivity index is 1.58. The second kappa shape index (κ2) is 7.66. The minimum Gasteiger partial charge on any atom is -0.473 e. The predicted molar refractivity (Wildman–Crippen MR) is 94.5 cm³/mol. The van der Waals surface area contributed by atoms with Gasteiger partial charge in [-0.3, -0.25) is 4.79 Å². The Bertz CT molecular complexity index is 698. The van der Waals surface area contributed by atoms with Crippen molar-refractivity contribution >= 4 is 17.7 Å². The average molecular weight is 343 g/mol. The zero-order chi connectivity index (χ0) is 16.9. The summed E-state index contributed by atoms with van der Waals surface area (Å²) in [6.07, 6.45) is 3.70. The SMILES string of the molecule is CSc1ccccc1C(=O)N1CCC(Oc2ccc(C)nn2)CC1. The van der Waals surface area contributed by atoms with Crippen LogP contribution < -0.4 is 4.74 Å². The molecule has 1 aliphatic rings. The van der Waals surface area contributed by atoms with Gasteiger partial charge in [0.15, 0.2) is 0 Å². The lowest BCUT2D eigenvalue weighted by Crippen LogP contribution is -2.42. The van der Waals surface area contributed by atoms with Crippen molar-refractivity contribution in [2.24, 2.45) is 0 Å². The van der Waals surface area contributed by atoms with Crippen molar-refractivity contribution in [2.45, 2.75) is 30.8 Å².